The molecule has 150 valence electrons. The maximum absolute atomic E-state index is 12.9. The maximum atomic E-state index is 12.9. The van der Waals surface area contributed by atoms with Crippen LogP contribution in [0.3, 0.4) is 0 Å². The second kappa shape index (κ2) is 6.43. The van der Waals surface area contributed by atoms with E-state index in [2.05, 4.69) is 15.1 Å². The van der Waals surface area contributed by atoms with E-state index in [9.17, 15) is 34.8 Å². The predicted molar refractivity (Wildman–Crippen MR) is 83.9 cm³/mol. The van der Waals surface area contributed by atoms with E-state index in [-0.39, 0.29) is 11.3 Å². The molecule has 0 unspecified atom stereocenters. The third-order valence-corrected chi connectivity index (χ3v) is 5.52. The number of hydrogen-bond acceptors (Lipinski definition) is 5. The van der Waals surface area contributed by atoms with Gasteiger partial charge in [0.25, 0.3) is 0 Å². The SMILES string of the molecule is CCS(=O)(=O)c1cc(C(F)(F)F)cnc1-c1cc2ncc(C(F)(F)F)cn2n1. The minimum Gasteiger partial charge on any atom is -0.253 e. The highest BCUT2D eigenvalue weighted by molar-refractivity contribution is 7.91. The zero-order chi connectivity index (χ0) is 20.9. The molecule has 13 heteroatoms. The van der Waals surface area contributed by atoms with Gasteiger partial charge in [0.05, 0.1) is 21.8 Å². The van der Waals surface area contributed by atoms with Crippen LogP contribution in [0.2, 0.25) is 0 Å². The summed E-state index contributed by atoms with van der Waals surface area (Å²) in [5.41, 5.74) is -3.08. The van der Waals surface area contributed by atoms with Crippen molar-refractivity contribution in [2.45, 2.75) is 24.2 Å². The monoisotopic (exact) mass is 424 g/mol. The van der Waals surface area contributed by atoms with Gasteiger partial charge >= 0.3 is 12.4 Å². The van der Waals surface area contributed by atoms with Crippen LogP contribution in [0.15, 0.2) is 35.6 Å². The second-order valence-electron chi connectivity index (χ2n) is 5.64. The molecule has 0 aliphatic rings. The number of pyridine rings is 1. The Labute approximate surface area is 153 Å². The Hall–Kier alpha value is -2.70. The summed E-state index contributed by atoms with van der Waals surface area (Å²) in [7, 11) is -4.14. The van der Waals surface area contributed by atoms with Gasteiger partial charge in [0.1, 0.15) is 11.4 Å². The van der Waals surface area contributed by atoms with Crippen LogP contribution >= 0.6 is 0 Å². The van der Waals surface area contributed by atoms with E-state index in [0.717, 1.165) is 10.6 Å². The Morgan fingerprint density at radius 3 is 2.14 bits per heavy atom. The summed E-state index contributed by atoms with van der Waals surface area (Å²) < 4.78 is 102. The minimum absolute atomic E-state index is 0.0652. The van der Waals surface area contributed by atoms with Gasteiger partial charge in [0, 0.05) is 24.7 Å². The molecule has 0 saturated carbocycles. The first kappa shape index (κ1) is 20.0. The molecule has 0 N–H and O–H groups in total. The molecule has 3 heterocycles. The lowest BCUT2D eigenvalue weighted by Gasteiger charge is -2.11. The largest absolute Gasteiger partial charge is 0.419 e. The summed E-state index contributed by atoms with van der Waals surface area (Å²) in [5.74, 6) is -0.507. The normalized spacial score (nSPS) is 13.2. The fourth-order valence-corrected chi connectivity index (χ4v) is 3.39. The Kier molecular flexibility index (Phi) is 4.60. The Balaban J connectivity index is 2.23. The minimum atomic E-state index is -4.83. The van der Waals surface area contributed by atoms with Gasteiger partial charge in [-0.2, -0.15) is 31.4 Å². The Bertz CT molecular complexity index is 1150. The topological polar surface area (TPSA) is 77.2 Å². The van der Waals surface area contributed by atoms with Crippen molar-refractivity contribution in [3.63, 3.8) is 0 Å². The molecule has 28 heavy (non-hydrogen) atoms. The molecular weight excluding hydrogens is 414 g/mol. The van der Waals surface area contributed by atoms with Crippen LogP contribution in [0.25, 0.3) is 17.0 Å². The van der Waals surface area contributed by atoms with Gasteiger partial charge in [0.2, 0.25) is 0 Å². The highest BCUT2D eigenvalue weighted by atomic mass is 32.2. The van der Waals surface area contributed by atoms with Crippen molar-refractivity contribution in [3.05, 3.63) is 41.9 Å². The van der Waals surface area contributed by atoms with E-state index in [0.29, 0.717) is 24.7 Å². The van der Waals surface area contributed by atoms with Crippen molar-refractivity contribution < 1.29 is 34.8 Å². The van der Waals surface area contributed by atoms with Crippen LogP contribution < -0.4 is 0 Å². The van der Waals surface area contributed by atoms with Crippen molar-refractivity contribution in [3.8, 4) is 11.4 Å². The van der Waals surface area contributed by atoms with E-state index in [1.54, 1.807) is 0 Å². The first-order valence-corrected chi connectivity index (χ1v) is 9.21. The summed E-state index contributed by atoms with van der Waals surface area (Å²) in [6.45, 7) is 1.24. The lowest BCUT2D eigenvalue weighted by molar-refractivity contribution is -0.138. The smallest absolute Gasteiger partial charge is 0.253 e. The van der Waals surface area contributed by atoms with Gasteiger partial charge in [0.15, 0.2) is 15.5 Å². The van der Waals surface area contributed by atoms with Crippen LogP contribution in [0.5, 0.6) is 0 Å². The van der Waals surface area contributed by atoms with Gasteiger partial charge in [-0.15, -0.1) is 0 Å². The number of nitrogens with zero attached hydrogens (tertiary/aromatic N) is 4. The maximum Gasteiger partial charge on any atom is 0.419 e. The lowest BCUT2D eigenvalue weighted by atomic mass is 10.2. The van der Waals surface area contributed by atoms with Gasteiger partial charge in [-0.3, -0.25) is 4.98 Å². The number of fused-ring (bicyclic) bond motifs is 1. The third-order valence-electron chi connectivity index (χ3n) is 3.78. The van der Waals surface area contributed by atoms with E-state index in [1.165, 1.54) is 6.92 Å². The van der Waals surface area contributed by atoms with Crippen LogP contribution in [0.4, 0.5) is 26.3 Å². The Morgan fingerprint density at radius 2 is 1.57 bits per heavy atom. The molecule has 3 aromatic rings. The van der Waals surface area contributed by atoms with Gasteiger partial charge in [-0.05, 0) is 6.07 Å². The molecule has 0 bridgehead atoms. The summed E-state index contributed by atoms with van der Waals surface area (Å²) >= 11 is 0. The molecule has 6 nitrogen and oxygen atoms in total. The molecule has 0 fully saturated rings. The predicted octanol–water partition coefficient (Wildman–Crippen LogP) is 3.62. The van der Waals surface area contributed by atoms with Gasteiger partial charge < -0.3 is 0 Å². The number of alkyl halides is 6. The van der Waals surface area contributed by atoms with Gasteiger partial charge in [-0.1, -0.05) is 6.92 Å². The first-order valence-electron chi connectivity index (χ1n) is 7.56. The summed E-state index contributed by atoms with van der Waals surface area (Å²) in [5, 5.41) is 3.80. The first-order chi connectivity index (χ1) is 12.8. The Morgan fingerprint density at radius 1 is 0.964 bits per heavy atom. The van der Waals surface area contributed by atoms with Crippen molar-refractivity contribution in [2.75, 3.05) is 5.75 Å². The fraction of sp³-hybridized carbons (Fsp3) is 0.267. The van der Waals surface area contributed by atoms with Crippen molar-refractivity contribution >= 4 is 15.5 Å². The molecule has 0 aromatic carbocycles. The lowest BCUT2D eigenvalue weighted by Crippen LogP contribution is -2.12. The van der Waals surface area contributed by atoms with Crippen LogP contribution in [-0.2, 0) is 22.2 Å². The molecule has 3 aromatic heterocycles. The van der Waals surface area contributed by atoms with E-state index in [1.807, 2.05) is 0 Å². The van der Waals surface area contributed by atoms with Crippen LogP contribution in [0, 0.1) is 0 Å². The fourth-order valence-electron chi connectivity index (χ4n) is 2.32. The van der Waals surface area contributed by atoms with E-state index < -0.39 is 49.7 Å². The van der Waals surface area contributed by atoms with E-state index in [4.69, 9.17) is 0 Å². The molecule has 0 aliphatic heterocycles. The number of hydrogen-bond donors (Lipinski definition) is 0. The summed E-state index contributed by atoms with van der Waals surface area (Å²) in [6, 6.07) is 1.56. The number of sulfone groups is 1. The number of aromatic nitrogens is 4. The van der Waals surface area contributed by atoms with Crippen LogP contribution in [-0.4, -0.2) is 33.8 Å². The molecule has 0 amide bonds. The zero-order valence-corrected chi connectivity index (χ0v) is 14.7. The summed E-state index contributed by atoms with van der Waals surface area (Å²) in [4.78, 5) is 6.44. The third kappa shape index (κ3) is 3.66. The average molecular weight is 424 g/mol. The molecule has 3 rings (SSSR count). The number of rotatable bonds is 3. The molecule has 0 aliphatic carbocycles. The standard InChI is InChI=1S/C15H10F6N4O2S/c1-2-28(26,27)11-3-8(14(16,17)18)5-23-13(11)10-4-12-22-6-9(15(19,20)21)7-25(12)24-10/h3-7H,2H2,1H3. The molecule has 0 radical (unpaired) electrons. The van der Waals surface area contributed by atoms with Crippen molar-refractivity contribution in [1.82, 2.24) is 19.6 Å². The van der Waals surface area contributed by atoms with Crippen molar-refractivity contribution in [1.29, 1.82) is 0 Å². The molecular formula is C15H10F6N4O2S. The quantitative estimate of drug-likeness (QED) is 0.601. The molecule has 0 spiro atoms. The summed E-state index contributed by atoms with van der Waals surface area (Å²) in [6.07, 6.45) is -7.89. The highest BCUT2D eigenvalue weighted by Gasteiger charge is 2.34. The highest BCUT2D eigenvalue weighted by Crippen LogP contribution is 2.34. The molecule has 0 saturated heterocycles. The van der Waals surface area contributed by atoms with Crippen LogP contribution in [0.1, 0.15) is 18.1 Å². The molecule has 0 atom stereocenters. The van der Waals surface area contributed by atoms with Gasteiger partial charge in [-0.25, -0.2) is 17.9 Å². The second-order valence-corrected chi connectivity index (χ2v) is 7.89. The number of halogens is 6. The average Bonchev–Trinajstić information content (AvgIpc) is 3.02. The van der Waals surface area contributed by atoms with E-state index >= 15 is 0 Å². The zero-order valence-electron chi connectivity index (χ0n) is 13.9. The van der Waals surface area contributed by atoms with Crippen molar-refractivity contribution in [2.24, 2.45) is 0 Å².